The topological polar surface area (TPSA) is 63.5 Å². The molecule has 1 atom stereocenters. The Morgan fingerprint density at radius 3 is 2.74 bits per heavy atom. The van der Waals surface area contributed by atoms with Gasteiger partial charge >= 0.3 is 11.9 Å². The number of ether oxygens (including phenoxy) is 1. The highest BCUT2D eigenvalue weighted by Gasteiger charge is 2.65. The van der Waals surface area contributed by atoms with E-state index in [1.54, 1.807) is 13.0 Å². The van der Waals surface area contributed by atoms with Crippen molar-refractivity contribution in [3.63, 3.8) is 0 Å². The lowest BCUT2D eigenvalue weighted by Gasteiger charge is -2.38. The Labute approximate surface area is 129 Å². The molecule has 23 heavy (non-hydrogen) atoms. The molecule has 122 valence electrons. The van der Waals surface area contributed by atoms with E-state index in [9.17, 15) is 18.0 Å². The smallest absolute Gasteiger partial charge is 0.453 e. The van der Waals surface area contributed by atoms with Gasteiger partial charge in [-0.2, -0.15) is 13.2 Å². The van der Waals surface area contributed by atoms with Crippen LogP contribution >= 0.6 is 0 Å². The molecule has 0 unspecified atom stereocenters. The van der Waals surface area contributed by atoms with Crippen molar-refractivity contribution in [2.75, 3.05) is 5.32 Å². The molecule has 1 aromatic carbocycles. The average molecular weight is 326 g/mol. The molecule has 1 aromatic heterocycles. The summed E-state index contributed by atoms with van der Waals surface area (Å²) < 4.78 is 50.8. The largest absolute Gasteiger partial charge is 0.468 e. The van der Waals surface area contributed by atoms with Crippen molar-refractivity contribution in [2.45, 2.75) is 25.4 Å². The van der Waals surface area contributed by atoms with Crippen molar-refractivity contribution in [2.24, 2.45) is 0 Å². The summed E-state index contributed by atoms with van der Waals surface area (Å²) >= 11 is 0. The van der Waals surface area contributed by atoms with E-state index >= 15 is 0 Å². The van der Waals surface area contributed by atoms with Crippen molar-refractivity contribution < 1.29 is 27.1 Å². The summed E-state index contributed by atoms with van der Waals surface area (Å²) in [6.07, 6.45) is -3.64. The molecule has 1 aliphatic rings. The third-order valence-corrected chi connectivity index (χ3v) is 3.46. The highest BCUT2D eigenvalue weighted by atomic mass is 19.4. The van der Waals surface area contributed by atoms with Gasteiger partial charge in [0.05, 0.1) is 18.5 Å². The van der Waals surface area contributed by atoms with Gasteiger partial charge in [-0.05, 0) is 36.8 Å². The second kappa shape index (κ2) is 5.31. The Hall–Kier alpha value is -2.48. The van der Waals surface area contributed by atoms with E-state index in [0.29, 0.717) is 5.56 Å². The number of alkyl halides is 3. The number of anilines is 1. The van der Waals surface area contributed by atoms with Crippen LogP contribution in [0, 0.1) is 6.92 Å². The number of rotatable bonds is 3. The third kappa shape index (κ3) is 2.65. The molecule has 2 heterocycles. The molecule has 1 aliphatic heterocycles. The molecule has 0 fully saturated rings. The van der Waals surface area contributed by atoms with Crippen LogP contribution in [-0.4, -0.2) is 17.8 Å². The number of carbonyl (C=O) groups excluding carboxylic acids is 1. The van der Waals surface area contributed by atoms with Gasteiger partial charge in [0.15, 0.2) is 0 Å². The zero-order valence-corrected chi connectivity index (χ0v) is 12.0. The maximum absolute atomic E-state index is 13.6. The van der Waals surface area contributed by atoms with Crippen LogP contribution in [0.5, 0.6) is 5.75 Å². The van der Waals surface area contributed by atoms with Crippen LogP contribution in [-0.2, 0) is 11.3 Å². The van der Waals surface area contributed by atoms with Crippen LogP contribution in [0.4, 0.5) is 18.9 Å². The van der Waals surface area contributed by atoms with Crippen molar-refractivity contribution in [3.8, 4) is 5.75 Å². The SMILES string of the molecule is Cc1ccc2c(c1)O[C@](NCc1ccco1)(C(F)(F)F)C(=O)N2. The molecule has 2 aromatic rings. The standard InChI is InChI=1S/C15H13F3N2O3/c1-9-4-5-11-12(7-9)23-14(13(21)20-11,15(16,17)18)19-8-10-3-2-6-22-10/h2-7,19H,8H2,1H3,(H,20,21)/t14-/m0/s1. The fraction of sp³-hybridized carbons (Fsp3) is 0.267. The summed E-state index contributed by atoms with van der Waals surface area (Å²) in [6.45, 7) is 1.40. The van der Waals surface area contributed by atoms with E-state index in [-0.39, 0.29) is 23.7 Å². The molecule has 3 rings (SSSR count). The van der Waals surface area contributed by atoms with Crippen molar-refractivity contribution in [1.29, 1.82) is 0 Å². The minimum absolute atomic E-state index is 0.0473. The first-order valence-corrected chi connectivity index (χ1v) is 6.77. The monoisotopic (exact) mass is 326 g/mol. The van der Waals surface area contributed by atoms with E-state index < -0.39 is 17.8 Å². The molecule has 0 saturated carbocycles. The highest BCUT2D eigenvalue weighted by molar-refractivity contribution is 6.01. The molecule has 0 saturated heterocycles. The summed E-state index contributed by atoms with van der Waals surface area (Å²) in [4.78, 5) is 12.1. The summed E-state index contributed by atoms with van der Waals surface area (Å²) in [6, 6.07) is 7.63. The first kappa shape index (κ1) is 15.4. The summed E-state index contributed by atoms with van der Waals surface area (Å²) in [5.41, 5.74) is -2.28. The Balaban J connectivity index is 1.97. The molecule has 8 heteroatoms. The van der Waals surface area contributed by atoms with Gasteiger partial charge in [0.1, 0.15) is 11.5 Å². The van der Waals surface area contributed by atoms with Gasteiger partial charge in [0, 0.05) is 0 Å². The minimum Gasteiger partial charge on any atom is -0.468 e. The first-order chi connectivity index (χ1) is 10.8. The summed E-state index contributed by atoms with van der Waals surface area (Å²) in [5.74, 6) is -1.12. The summed E-state index contributed by atoms with van der Waals surface area (Å²) in [5, 5.41) is 4.37. The highest BCUT2D eigenvalue weighted by Crippen LogP contribution is 2.41. The van der Waals surface area contributed by atoms with E-state index in [2.05, 4.69) is 10.6 Å². The number of amides is 1. The molecule has 0 aliphatic carbocycles. The van der Waals surface area contributed by atoms with E-state index in [1.807, 2.05) is 0 Å². The van der Waals surface area contributed by atoms with Crippen LogP contribution < -0.4 is 15.4 Å². The Morgan fingerprint density at radius 2 is 2.09 bits per heavy atom. The molecule has 0 radical (unpaired) electrons. The van der Waals surface area contributed by atoms with Crippen LogP contribution in [0.2, 0.25) is 0 Å². The van der Waals surface area contributed by atoms with Gasteiger partial charge in [-0.15, -0.1) is 0 Å². The maximum Gasteiger partial charge on any atom is 0.453 e. The number of furan rings is 1. The predicted molar refractivity (Wildman–Crippen MR) is 74.8 cm³/mol. The molecule has 1 amide bonds. The number of nitrogens with one attached hydrogen (secondary N) is 2. The molecular weight excluding hydrogens is 313 g/mol. The zero-order chi connectivity index (χ0) is 16.7. The van der Waals surface area contributed by atoms with Crippen LogP contribution in [0.3, 0.4) is 0 Å². The van der Waals surface area contributed by atoms with Crippen LogP contribution in [0.1, 0.15) is 11.3 Å². The Bertz CT molecular complexity index is 728. The van der Waals surface area contributed by atoms with Crippen molar-refractivity contribution in [3.05, 3.63) is 47.9 Å². The van der Waals surface area contributed by atoms with Gasteiger partial charge < -0.3 is 14.5 Å². The molecular formula is C15H13F3N2O3. The molecule has 5 nitrogen and oxygen atoms in total. The number of benzene rings is 1. The molecule has 0 bridgehead atoms. The van der Waals surface area contributed by atoms with Gasteiger partial charge in [0.25, 0.3) is 5.91 Å². The minimum atomic E-state index is -4.97. The fourth-order valence-electron chi connectivity index (χ4n) is 2.27. The number of halogens is 3. The summed E-state index contributed by atoms with van der Waals surface area (Å²) in [7, 11) is 0. The number of aryl methyl sites for hydroxylation is 1. The molecule has 2 N–H and O–H groups in total. The van der Waals surface area contributed by atoms with Gasteiger partial charge in [0.2, 0.25) is 0 Å². The second-order valence-corrected chi connectivity index (χ2v) is 5.17. The van der Waals surface area contributed by atoms with Gasteiger partial charge in [-0.1, -0.05) is 6.07 Å². The van der Waals surface area contributed by atoms with Gasteiger partial charge in [-0.3, -0.25) is 10.1 Å². The second-order valence-electron chi connectivity index (χ2n) is 5.17. The first-order valence-electron chi connectivity index (χ1n) is 6.77. The van der Waals surface area contributed by atoms with Crippen molar-refractivity contribution >= 4 is 11.6 Å². The van der Waals surface area contributed by atoms with Crippen molar-refractivity contribution in [1.82, 2.24) is 5.32 Å². The zero-order valence-electron chi connectivity index (χ0n) is 12.0. The van der Waals surface area contributed by atoms with Crippen LogP contribution in [0.25, 0.3) is 0 Å². The number of carbonyl (C=O) groups is 1. The van der Waals surface area contributed by atoms with Gasteiger partial charge in [-0.25, -0.2) is 0 Å². The Kier molecular flexibility index (Phi) is 3.56. The average Bonchev–Trinajstić information content (AvgIpc) is 2.97. The predicted octanol–water partition coefficient (Wildman–Crippen LogP) is 2.97. The number of fused-ring (bicyclic) bond motifs is 1. The molecule has 0 spiro atoms. The lowest BCUT2D eigenvalue weighted by Crippen LogP contribution is -2.69. The Morgan fingerprint density at radius 1 is 1.30 bits per heavy atom. The lowest BCUT2D eigenvalue weighted by molar-refractivity contribution is -0.252. The number of hydrogen-bond donors (Lipinski definition) is 2. The maximum atomic E-state index is 13.6. The van der Waals surface area contributed by atoms with E-state index in [0.717, 1.165) is 0 Å². The third-order valence-electron chi connectivity index (χ3n) is 3.46. The normalized spacial score (nSPS) is 20.6. The van der Waals surface area contributed by atoms with E-state index in [1.165, 1.54) is 30.5 Å². The van der Waals surface area contributed by atoms with Crippen LogP contribution in [0.15, 0.2) is 41.0 Å². The number of hydrogen-bond acceptors (Lipinski definition) is 4. The quantitative estimate of drug-likeness (QED) is 0.910. The van der Waals surface area contributed by atoms with E-state index in [4.69, 9.17) is 9.15 Å². The fourth-order valence-corrected chi connectivity index (χ4v) is 2.27. The lowest BCUT2D eigenvalue weighted by atomic mass is 10.1.